The summed E-state index contributed by atoms with van der Waals surface area (Å²) in [5.74, 6) is 0. The third kappa shape index (κ3) is 4.68. The lowest BCUT2D eigenvalue weighted by atomic mass is 10.2. The molecule has 0 amide bonds. The lowest BCUT2D eigenvalue weighted by Crippen LogP contribution is -2.17. The van der Waals surface area contributed by atoms with Gasteiger partial charge in [0.2, 0.25) is 0 Å². The molecular weight excluding hydrogens is 182 g/mol. The Labute approximate surface area is 93.4 Å². The van der Waals surface area contributed by atoms with Gasteiger partial charge in [-0.3, -0.25) is 0 Å². The maximum absolute atomic E-state index is 3.86. The number of rotatable bonds is 7. The highest BCUT2D eigenvalue weighted by molar-refractivity contribution is 5.14. The van der Waals surface area contributed by atoms with Crippen molar-refractivity contribution >= 4 is 0 Å². The van der Waals surface area contributed by atoms with E-state index in [-0.39, 0.29) is 0 Å². The molecule has 0 saturated heterocycles. The number of nitrogens with zero attached hydrogens (tertiary/aromatic N) is 1. The van der Waals surface area contributed by atoms with Crippen molar-refractivity contribution in [3.05, 3.63) is 48.7 Å². The molecule has 1 aromatic carbocycles. The zero-order valence-electron chi connectivity index (χ0n) is 9.65. The van der Waals surface area contributed by atoms with Crippen molar-refractivity contribution in [3.63, 3.8) is 0 Å². The summed E-state index contributed by atoms with van der Waals surface area (Å²) in [6, 6.07) is 10.6. The Morgan fingerprint density at radius 1 is 1.20 bits per heavy atom. The first-order chi connectivity index (χ1) is 7.36. The van der Waals surface area contributed by atoms with E-state index in [1.807, 2.05) is 6.20 Å². The summed E-state index contributed by atoms with van der Waals surface area (Å²) in [6.07, 6.45) is 5.79. The molecule has 0 heterocycles. The van der Waals surface area contributed by atoms with Gasteiger partial charge in [-0.15, -0.1) is 0 Å². The molecule has 0 bridgehead atoms. The molecular formula is C14H21N. The number of benzene rings is 1. The van der Waals surface area contributed by atoms with Crippen LogP contribution in [-0.4, -0.2) is 11.4 Å². The summed E-state index contributed by atoms with van der Waals surface area (Å²) in [4.78, 5) is 2.28. The van der Waals surface area contributed by atoms with Gasteiger partial charge in [-0.1, -0.05) is 56.7 Å². The molecule has 0 unspecified atom stereocenters. The van der Waals surface area contributed by atoms with Gasteiger partial charge in [-0.2, -0.15) is 0 Å². The topological polar surface area (TPSA) is 3.24 Å². The molecule has 1 aromatic rings. The van der Waals surface area contributed by atoms with E-state index in [0.29, 0.717) is 0 Å². The van der Waals surface area contributed by atoms with Gasteiger partial charge in [-0.05, 0) is 18.2 Å². The average Bonchev–Trinajstić information content (AvgIpc) is 2.29. The second-order valence-corrected chi connectivity index (χ2v) is 3.85. The second kappa shape index (κ2) is 7.10. The van der Waals surface area contributed by atoms with E-state index >= 15 is 0 Å². The van der Waals surface area contributed by atoms with Crippen LogP contribution in [0.1, 0.15) is 31.7 Å². The average molecular weight is 203 g/mol. The predicted molar refractivity (Wildman–Crippen MR) is 66.6 cm³/mol. The van der Waals surface area contributed by atoms with Crippen molar-refractivity contribution in [3.8, 4) is 0 Å². The van der Waals surface area contributed by atoms with Crippen LogP contribution in [0, 0.1) is 0 Å². The highest BCUT2D eigenvalue weighted by Gasteiger charge is 1.99. The van der Waals surface area contributed by atoms with Crippen LogP contribution in [0.5, 0.6) is 0 Å². The molecule has 82 valence electrons. The molecule has 0 aromatic heterocycles. The summed E-state index contributed by atoms with van der Waals surface area (Å²) in [6.45, 7) is 8.19. The summed E-state index contributed by atoms with van der Waals surface area (Å²) in [5, 5.41) is 0. The van der Waals surface area contributed by atoms with Crippen LogP contribution in [0.4, 0.5) is 0 Å². The van der Waals surface area contributed by atoms with Gasteiger partial charge < -0.3 is 4.90 Å². The maximum Gasteiger partial charge on any atom is 0.0423 e. The van der Waals surface area contributed by atoms with Crippen molar-refractivity contribution in [1.29, 1.82) is 0 Å². The first-order valence-corrected chi connectivity index (χ1v) is 5.77. The lowest BCUT2D eigenvalue weighted by Gasteiger charge is -2.19. The molecule has 0 saturated carbocycles. The van der Waals surface area contributed by atoms with E-state index in [0.717, 1.165) is 13.1 Å². The Bertz CT molecular complexity index is 266. The fourth-order valence-electron chi connectivity index (χ4n) is 1.62. The predicted octanol–water partition coefficient (Wildman–Crippen LogP) is 3.82. The first kappa shape index (κ1) is 11.8. The SMILES string of the molecule is C=CN(CCCCC)Cc1ccccc1. The number of hydrogen-bond acceptors (Lipinski definition) is 1. The van der Waals surface area contributed by atoms with E-state index < -0.39 is 0 Å². The quantitative estimate of drug-likeness (QED) is 0.609. The van der Waals surface area contributed by atoms with Gasteiger partial charge in [0.25, 0.3) is 0 Å². The van der Waals surface area contributed by atoms with Gasteiger partial charge in [0.15, 0.2) is 0 Å². The first-order valence-electron chi connectivity index (χ1n) is 5.77. The molecule has 0 atom stereocenters. The Morgan fingerprint density at radius 3 is 2.53 bits per heavy atom. The van der Waals surface area contributed by atoms with Crippen molar-refractivity contribution in [2.45, 2.75) is 32.7 Å². The third-order valence-corrected chi connectivity index (χ3v) is 2.54. The molecule has 0 fully saturated rings. The standard InChI is InChI=1S/C14H21N/c1-3-5-9-12-15(4-2)13-14-10-7-6-8-11-14/h4,6-8,10-11H,2-3,5,9,12-13H2,1H3. The van der Waals surface area contributed by atoms with Crippen LogP contribution in [0.2, 0.25) is 0 Å². The third-order valence-electron chi connectivity index (χ3n) is 2.54. The second-order valence-electron chi connectivity index (χ2n) is 3.85. The molecule has 0 aliphatic heterocycles. The summed E-state index contributed by atoms with van der Waals surface area (Å²) < 4.78 is 0. The molecule has 0 aliphatic carbocycles. The number of unbranched alkanes of at least 4 members (excludes halogenated alkanes) is 2. The van der Waals surface area contributed by atoms with Crippen LogP contribution < -0.4 is 0 Å². The molecule has 15 heavy (non-hydrogen) atoms. The van der Waals surface area contributed by atoms with Gasteiger partial charge in [-0.25, -0.2) is 0 Å². The van der Waals surface area contributed by atoms with Gasteiger partial charge in [0.1, 0.15) is 0 Å². The Kier molecular flexibility index (Phi) is 5.60. The van der Waals surface area contributed by atoms with Crippen LogP contribution in [0.15, 0.2) is 43.1 Å². The summed E-state index contributed by atoms with van der Waals surface area (Å²) >= 11 is 0. The van der Waals surface area contributed by atoms with E-state index in [4.69, 9.17) is 0 Å². The molecule has 1 nitrogen and oxygen atoms in total. The van der Waals surface area contributed by atoms with Gasteiger partial charge in [0, 0.05) is 13.1 Å². The van der Waals surface area contributed by atoms with Crippen molar-refractivity contribution in [2.24, 2.45) is 0 Å². The molecule has 1 heteroatoms. The Hall–Kier alpha value is -1.24. The zero-order chi connectivity index (χ0) is 10.9. The van der Waals surface area contributed by atoms with Crippen molar-refractivity contribution in [2.75, 3.05) is 6.54 Å². The monoisotopic (exact) mass is 203 g/mol. The molecule has 0 spiro atoms. The Balaban J connectivity index is 2.37. The van der Waals surface area contributed by atoms with Gasteiger partial charge in [0.05, 0.1) is 0 Å². The minimum absolute atomic E-state index is 0.980. The van der Waals surface area contributed by atoms with Gasteiger partial charge >= 0.3 is 0 Å². The van der Waals surface area contributed by atoms with Crippen LogP contribution in [0.25, 0.3) is 0 Å². The smallest absolute Gasteiger partial charge is 0.0423 e. The fourth-order valence-corrected chi connectivity index (χ4v) is 1.62. The van der Waals surface area contributed by atoms with Crippen LogP contribution >= 0.6 is 0 Å². The lowest BCUT2D eigenvalue weighted by molar-refractivity contribution is 0.358. The number of hydrogen-bond donors (Lipinski definition) is 0. The van der Waals surface area contributed by atoms with Crippen molar-refractivity contribution in [1.82, 2.24) is 4.90 Å². The highest BCUT2D eigenvalue weighted by Crippen LogP contribution is 2.06. The minimum Gasteiger partial charge on any atom is -0.374 e. The van der Waals surface area contributed by atoms with Crippen molar-refractivity contribution < 1.29 is 0 Å². The normalized spacial score (nSPS) is 9.93. The van der Waals surface area contributed by atoms with E-state index in [1.165, 1.54) is 24.8 Å². The summed E-state index contributed by atoms with van der Waals surface area (Å²) in [7, 11) is 0. The Morgan fingerprint density at radius 2 is 1.93 bits per heavy atom. The molecule has 0 N–H and O–H groups in total. The minimum atomic E-state index is 0.980. The molecule has 1 rings (SSSR count). The van der Waals surface area contributed by atoms with E-state index in [2.05, 4.69) is 48.7 Å². The largest absolute Gasteiger partial charge is 0.374 e. The molecule has 0 radical (unpaired) electrons. The van der Waals surface area contributed by atoms with Crippen LogP contribution in [0.3, 0.4) is 0 Å². The zero-order valence-corrected chi connectivity index (χ0v) is 9.65. The highest BCUT2D eigenvalue weighted by atomic mass is 15.1. The van der Waals surface area contributed by atoms with E-state index in [1.54, 1.807) is 0 Å². The maximum atomic E-state index is 3.86. The van der Waals surface area contributed by atoms with E-state index in [9.17, 15) is 0 Å². The van der Waals surface area contributed by atoms with Crippen LogP contribution in [-0.2, 0) is 6.54 Å². The summed E-state index contributed by atoms with van der Waals surface area (Å²) in [5.41, 5.74) is 1.36. The molecule has 0 aliphatic rings. The fraction of sp³-hybridized carbons (Fsp3) is 0.429.